The summed E-state index contributed by atoms with van der Waals surface area (Å²) in [4.78, 5) is 10.4. The van der Waals surface area contributed by atoms with Crippen LogP contribution >= 0.6 is 24.8 Å². The van der Waals surface area contributed by atoms with Crippen LogP contribution in [-0.4, -0.2) is 24.3 Å². The van der Waals surface area contributed by atoms with Crippen molar-refractivity contribution in [1.29, 1.82) is 0 Å². The zero-order valence-electron chi connectivity index (χ0n) is 6.41. The fourth-order valence-electron chi connectivity index (χ4n) is 0.353. The first kappa shape index (κ1) is 17.2. The minimum absolute atomic E-state index is 0. The van der Waals surface area contributed by atoms with Crippen LogP contribution < -0.4 is 0 Å². The van der Waals surface area contributed by atoms with Crippen LogP contribution in [0.25, 0.3) is 0 Å². The van der Waals surface area contributed by atoms with Crippen molar-refractivity contribution in [2.45, 2.75) is 19.8 Å². The maximum absolute atomic E-state index is 10.4. The third-order valence-corrected chi connectivity index (χ3v) is 0.854. The number of esters is 1. The van der Waals surface area contributed by atoms with Crippen molar-refractivity contribution in [3.63, 3.8) is 0 Å². The van der Waals surface area contributed by atoms with Crippen LogP contribution in [0.2, 0.25) is 0 Å². The lowest BCUT2D eigenvalue weighted by atomic mass is 10.5. The maximum Gasteiger partial charge on any atom is 0.305 e. The third-order valence-electron chi connectivity index (χ3n) is 0.854. The highest BCUT2D eigenvalue weighted by Crippen LogP contribution is 1.85. The number of hydrogen-bond donors (Lipinski definition) is 1. The van der Waals surface area contributed by atoms with Crippen molar-refractivity contribution in [1.82, 2.24) is 0 Å². The van der Waals surface area contributed by atoms with E-state index in [-0.39, 0.29) is 37.4 Å². The van der Waals surface area contributed by atoms with E-state index in [4.69, 9.17) is 5.11 Å². The largest absolute Gasteiger partial charge is 0.466 e. The normalized spacial score (nSPS) is 7.45. The van der Waals surface area contributed by atoms with Gasteiger partial charge in [-0.2, -0.15) is 0 Å². The van der Waals surface area contributed by atoms with Gasteiger partial charge in [0.25, 0.3) is 0 Å². The van der Waals surface area contributed by atoms with E-state index < -0.39 is 0 Å². The van der Waals surface area contributed by atoms with Crippen LogP contribution in [0.3, 0.4) is 0 Å². The van der Waals surface area contributed by atoms with Gasteiger partial charge >= 0.3 is 5.97 Å². The molecule has 0 unspecified atom stereocenters. The molecule has 0 rings (SSSR count). The fraction of sp³-hybridized carbons (Fsp3) is 0.833. The molecule has 0 aliphatic heterocycles. The van der Waals surface area contributed by atoms with Gasteiger partial charge in [0.05, 0.1) is 6.61 Å². The molecule has 0 aromatic carbocycles. The molecule has 0 amide bonds. The summed E-state index contributed by atoms with van der Waals surface area (Å²) in [5.41, 5.74) is 0. The van der Waals surface area contributed by atoms with E-state index >= 15 is 0 Å². The van der Waals surface area contributed by atoms with E-state index in [1.807, 2.05) is 0 Å². The number of hydrogen-bond acceptors (Lipinski definition) is 3. The number of carbonyl (C=O) groups excluding carboxylic acids is 1. The molecule has 0 radical (unpaired) electrons. The smallest absolute Gasteiger partial charge is 0.305 e. The second kappa shape index (κ2) is 12.7. The summed E-state index contributed by atoms with van der Waals surface area (Å²) in [6, 6.07) is 0. The lowest BCUT2D eigenvalue weighted by molar-refractivity contribution is -0.143. The number of ether oxygens (including phenoxy) is 1. The molecule has 0 saturated heterocycles. The number of carbonyl (C=O) groups is 1. The van der Waals surface area contributed by atoms with Crippen LogP contribution in [0.4, 0.5) is 0 Å². The molecule has 0 aliphatic rings. The van der Waals surface area contributed by atoms with Gasteiger partial charge in [0.2, 0.25) is 0 Å². The Bertz CT molecular complexity index is 87.9. The van der Waals surface area contributed by atoms with Crippen molar-refractivity contribution >= 4 is 30.8 Å². The van der Waals surface area contributed by atoms with Crippen molar-refractivity contribution in [2.75, 3.05) is 13.2 Å². The standard InChI is InChI=1S/C6H12O3.2ClH/c1-2-6(8)9-5-3-4-7;;/h7H,2-5H2,1H3;2*1H. The Kier molecular flexibility index (Phi) is 19.8. The van der Waals surface area contributed by atoms with Gasteiger partial charge in [-0.15, -0.1) is 24.8 Å². The Labute approximate surface area is 78.9 Å². The molecule has 1 N–H and O–H groups in total. The number of aliphatic hydroxyl groups is 1. The van der Waals surface area contributed by atoms with Crippen molar-refractivity contribution in [3.05, 3.63) is 0 Å². The van der Waals surface area contributed by atoms with Gasteiger partial charge in [0, 0.05) is 19.4 Å². The maximum atomic E-state index is 10.4. The lowest BCUT2D eigenvalue weighted by Gasteiger charge is -1.98. The van der Waals surface area contributed by atoms with Gasteiger partial charge in [-0.3, -0.25) is 4.79 Å². The number of aliphatic hydroxyl groups excluding tert-OH is 1. The highest BCUT2D eigenvalue weighted by atomic mass is 35.5. The molecular weight excluding hydrogens is 191 g/mol. The topological polar surface area (TPSA) is 46.5 Å². The van der Waals surface area contributed by atoms with Crippen LogP contribution in [0, 0.1) is 0 Å². The molecule has 0 fully saturated rings. The van der Waals surface area contributed by atoms with E-state index in [1.54, 1.807) is 6.92 Å². The van der Waals surface area contributed by atoms with E-state index in [9.17, 15) is 4.79 Å². The first-order valence-electron chi connectivity index (χ1n) is 3.07. The molecule has 11 heavy (non-hydrogen) atoms. The van der Waals surface area contributed by atoms with E-state index in [2.05, 4.69) is 4.74 Å². The molecule has 70 valence electrons. The molecule has 0 spiro atoms. The molecular formula is C6H14Cl2O3. The average Bonchev–Trinajstić information content (AvgIpc) is 1.89. The monoisotopic (exact) mass is 204 g/mol. The van der Waals surface area contributed by atoms with E-state index in [0.29, 0.717) is 19.4 Å². The SMILES string of the molecule is CCC(=O)OCCCO.Cl.Cl. The highest BCUT2D eigenvalue weighted by Gasteiger charge is 1.94. The third kappa shape index (κ3) is 13.1. The molecule has 0 saturated carbocycles. The van der Waals surface area contributed by atoms with Gasteiger partial charge in [0.1, 0.15) is 0 Å². The zero-order valence-corrected chi connectivity index (χ0v) is 8.04. The zero-order chi connectivity index (χ0) is 7.11. The summed E-state index contributed by atoms with van der Waals surface area (Å²) in [5.74, 6) is -0.205. The van der Waals surface area contributed by atoms with Crippen LogP contribution in [0.15, 0.2) is 0 Å². The molecule has 0 atom stereocenters. The van der Waals surface area contributed by atoms with Crippen LogP contribution in [0.1, 0.15) is 19.8 Å². The van der Waals surface area contributed by atoms with Gasteiger partial charge < -0.3 is 9.84 Å². The predicted octanol–water partition coefficient (Wildman–Crippen LogP) is 1.17. The Balaban J connectivity index is -0.000000320. The highest BCUT2D eigenvalue weighted by molar-refractivity contribution is 5.85. The van der Waals surface area contributed by atoms with E-state index in [0.717, 1.165) is 0 Å². The summed E-state index contributed by atoms with van der Waals surface area (Å²) >= 11 is 0. The second-order valence-corrected chi connectivity index (χ2v) is 1.65. The minimum atomic E-state index is -0.205. The van der Waals surface area contributed by atoms with Gasteiger partial charge in [-0.25, -0.2) is 0 Å². The Hall–Kier alpha value is 0.01000. The van der Waals surface area contributed by atoms with Gasteiger partial charge in [0.15, 0.2) is 0 Å². The van der Waals surface area contributed by atoms with Crippen molar-refractivity contribution < 1.29 is 14.6 Å². The lowest BCUT2D eigenvalue weighted by Crippen LogP contribution is -2.04. The first-order valence-corrected chi connectivity index (χ1v) is 3.07. The summed E-state index contributed by atoms with van der Waals surface area (Å²) < 4.78 is 4.63. The molecule has 5 heteroatoms. The fourth-order valence-corrected chi connectivity index (χ4v) is 0.353. The van der Waals surface area contributed by atoms with Gasteiger partial charge in [-0.05, 0) is 0 Å². The molecule has 0 heterocycles. The Morgan fingerprint density at radius 2 is 2.00 bits per heavy atom. The molecule has 0 aromatic rings. The summed E-state index contributed by atoms with van der Waals surface area (Å²) in [6.45, 7) is 2.15. The molecule has 0 aliphatic carbocycles. The molecule has 3 nitrogen and oxygen atoms in total. The Morgan fingerprint density at radius 1 is 1.45 bits per heavy atom. The summed E-state index contributed by atoms with van der Waals surface area (Å²) in [7, 11) is 0. The first-order chi connectivity index (χ1) is 4.31. The average molecular weight is 205 g/mol. The van der Waals surface area contributed by atoms with Gasteiger partial charge in [-0.1, -0.05) is 6.92 Å². The Morgan fingerprint density at radius 3 is 2.36 bits per heavy atom. The van der Waals surface area contributed by atoms with Crippen molar-refractivity contribution in [3.8, 4) is 0 Å². The summed E-state index contributed by atoms with van der Waals surface area (Å²) in [6.07, 6.45) is 0.942. The number of rotatable bonds is 4. The quantitative estimate of drug-likeness (QED) is 0.553. The van der Waals surface area contributed by atoms with Crippen LogP contribution in [0.5, 0.6) is 0 Å². The van der Waals surface area contributed by atoms with Crippen LogP contribution in [-0.2, 0) is 9.53 Å². The minimum Gasteiger partial charge on any atom is -0.466 e. The molecule has 0 aromatic heterocycles. The molecule has 0 bridgehead atoms. The second-order valence-electron chi connectivity index (χ2n) is 1.65. The number of halogens is 2. The summed E-state index contributed by atoms with van der Waals surface area (Å²) in [5, 5.41) is 8.26. The van der Waals surface area contributed by atoms with E-state index in [1.165, 1.54) is 0 Å². The predicted molar refractivity (Wildman–Crippen MR) is 47.4 cm³/mol. The van der Waals surface area contributed by atoms with Crippen molar-refractivity contribution in [2.24, 2.45) is 0 Å².